The first-order valence-corrected chi connectivity index (χ1v) is 8.11. The fraction of sp³-hybridized carbons (Fsp3) is 0.300. The number of para-hydroxylation sites is 1. The molecule has 22 heavy (non-hydrogen) atoms. The molecular formula is C20H22N2. The zero-order valence-corrected chi connectivity index (χ0v) is 13.1. The second-order valence-electron chi connectivity index (χ2n) is 6.41. The lowest BCUT2D eigenvalue weighted by Gasteiger charge is -2.15. The van der Waals surface area contributed by atoms with Crippen LogP contribution >= 0.6 is 0 Å². The normalized spacial score (nSPS) is 19.0. The van der Waals surface area contributed by atoms with Crippen molar-refractivity contribution in [2.75, 3.05) is 13.1 Å². The van der Waals surface area contributed by atoms with Gasteiger partial charge in [0, 0.05) is 37.2 Å². The number of fused-ring (bicyclic) bond motifs is 1. The van der Waals surface area contributed by atoms with Crippen molar-refractivity contribution in [3.8, 4) is 0 Å². The smallest absolute Gasteiger partial charge is 0.0481 e. The van der Waals surface area contributed by atoms with E-state index in [-0.39, 0.29) is 0 Å². The summed E-state index contributed by atoms with van der Waals surface area (Å²) in [5.41, 5.74) is 4.27. The lowest BCUT2D eigenvalue weighted by atomic mass is 9.99. The van der Waals surface area contributed by atoms with Gasteiger partial charge in [0.2, 0.25) is 0 Å². The molecule has 3 aromatic rings. The molecule has 0 radical (unpaired) electrons. The Kier molecular flexibility index (Phi) is 3.47. The third kappa shape index (κ3) is 2.44. The lowest BCUT2D eigenvalue weighted by Crippen LogP contribution is -2.19. The van der Waals surface area contributed by atoms with E-state index in [1.165, 1.54) is 41.5 Å². The molecule has 2 aromatic carbocycles. The second kappa shape index (κ2) is 5.62. The summed E-state index contributed by atoms with van der Waals surface area (Å²) >= 11 is 0. The number of rotatable bonds is 3. The Labute approximate surface area is 132 Å². The minimum atomic E-state index is 0.691. The number of aromatic nitrogens is 1. The molecule has 112 valence electrons. The average Bonchev–Trinajstić information content (AvgIpc) is 3.15. The maximum atomic E-state index is 2.60. The Balaban J connectivity index is 1.52. The van der Waals surface area contributed by atoms with Crippen LogP contribution in [0.25, 0.3) is 10.9 Å². The molecule has 2 heterocycles. The Hall–Kier alpha value is -2.06. The van der Waals surface area contributed by atoms with Crippen molar-refractivity contribution < 1.29 is 0 Å². The van der Waals surface area contributed by atoms with Crippen LogP contribution in [0.15, 0.2) is 60.8 Å². The maximum Gasteiger partial charge on any atom is 0.0481 e. The molecule has 1 atom stereocenters. The summed E-state index contributed by atoms with van der Waals surface area (Å²) < 4.78 is 2.25. The first-order valence-electron chi connectivity index (χ1n) is 8.11. The van der Waals surface area contributed by atoms with E-state index >= 15 is 0 Å². The molecule has 0 unspecified atom stereocenters. The van der Waals surface area contributed by atoms with Crippen LogP contribution in [-0.2, 0) is 13.6 Å². The molecule has 1 saturated heterocycles. The molecule has 0 aliphatic carbocycles. The maximum absolute atomic E-state index is 2.60. The van der Waals surface area contributed by atoms with Gasteiger partial charge in [-0.1, -0.05) is 48.5 Å². The summed E-state index contributed by atoms with van der Waals surface area (Å²) in [6.45, 7) is 3.43. The monoisotopic (exact) mass is 290 g/mol. The van der Waals surface area contributed by atoms with E-state index in [4.69, 9.17) is 0 Å². The third-order valence-corrected chi connectivity index (χ3v) is 4.92. The highest BCUT2D eigenvalue weighted by molar-refractivity contribution is 5.83. The van der Waals surface area contributed by atoms with E-state index in [0.717, 1.165) is 6.54 Å². The average molecular weight is 290 g/mol. The third-order valence-electron chi connectivity index (χ3n) is 4.92. The molecule has 4 rings (SSSR count). The van der Waals surface area contributed by atoms with Crippen molar-refractivity contribution >= 4 is 10.9 Å². The van der Waals surface area contributed by atoms with Gasteiger partial charge in [0.05, 0.1) is 0 Å². The largest absolute Gasteiger partial charge is 0.350 e. The molecule has 1 aliphatic rings. The van der Waals surface area contributed by atoms with E-state index < -0.39 is 0 Å². The molecular weight excluding hydrogens is 268 g/mol. The standard InChI is InChI=1S/C20H22N2/c1-21-13-18(19-9-5-6-10-20(19)21)15-22-12-11-17(14-22)16-7-3-2-4-8-16/h2-10,13,17H,11-12,14-15H2,1H3/t17-/m0/s1. The van der Waals surface area contributed by atoms with Crippen LogP contribution in [0.2, 0.25) is 0 Å². The van der Waals surface area contributed by atoms with Gasteiger partial charge in [-0.3, -0.25) is 4.90 Å². The Bertz CT molecular complexity index is 773. The van der Waals surface area contributed by atoms with Crippen LogP contribution in [-0.4, -0.2) is 22.6 Å². The first kappa shape index (κ1) is 13.6. The topological polar surface area (TPSA) is 8.17 Å². The molecule has 0 N–H and O–H groups in total. The zero-order valence-electron chi connectivity index (χ0n) is 13.1. The van der Waals surface area contributed by atoms with Crippen LogP contribution in [0.5, 0.6) is 0 Å². The van der Waals surface area contributed by atoms with Gasteiger partial charge in [0.25, 0.3) is 0 Å². The molecule has 0 spiro atoms. The Morgan fingerprint density at radius 1 is 1.00 bits per heavy atom. The van der Waals surface area contributed by atoms with E-state index in [2.05, 4.69) is 77.3 Å². The van der Waals surface area contributed by atoms with Crippen molar-refractivity contribution in [3.63, 3.8) is 0 Å². The molecule has 1 aromatic heterocycles. The molecule has 0 amide bonds. The second-order valence-corrected chi connectivity index (χ2v) is 6.41. The molecule has 0 bridgehead atoms. The number of benzene rings is 2. The predicted molar refractivity (Wildman–Crippen MR) is 92.0 cm³/mol. The van der Waals surface area contributed by atoms with Gasteiger partial charge in [-0.25, -0.2) is 0 Å². The van der Waals surface area contributed by atoms with Crippen LogP contribution in [0.1, 0.15) is 23.5 Å². The Morgan fingerprint density at radius 2 is 1.77 bits per heavy atom. The number of hydrogen-bond donors (Lipinski definition) is 0. The van der Waals surface area contributed by atoms with Crippen molar-refractivity contribution in [3.05, 3.63) is 71.9 Å². The summed E-state index contributed by atoms with van der Waals surface area (Å²) in [6, 6.07) is 19.7. The zero-order chi connectivity index (χ0) is 14.9. The molecule has 2 nitrogen and oxygen atoms in total. The van der Waals surface area contributed by atoms with E-state index in [1.54, 1.807) is 0 Å². The summed E-state index contributed by atoms with van der Waals surface area (Å²) in [7, 11) is 2.14. The highest BCUT2D eigenvalue weighted by Crippen LogP contribution is 2.29. The van der Waals surface area contributed by atoms with Crippen LogP contribution < -0.4 is 0 Å². The van der Waals surface area contributed by atoms with Gasteiger partial charge in [-0.15, -0.1) is 0 Å². The van der Waals surface area contributed by atoms with E-state index in [0.29, 0.717) is 5.92 Å². The fourth-order valence-electron chi connectivity index (χ4n) is 3.77. The highest BCUT2D eigenvalue weighted by atomic mass is 15.1. The number of nitrogens with zero attached hydrogens (tertiary/aromatic N) is 2. The Morgan fingerprint density at radius 3 is 2.64 bits per heavy atom. The van der Waals surface area contributed by atoms with Crippen molar-refractivity contribution in [2.24, 2.45) is 7.05 Å². The van der Waals surface area contributed by atoms with Gasteiger partial charge in [-0.05, 0) is 36.1 Å². The van der Waals surface area contributed by atoms with Crippen molar-refractivity contribution in [1.82, 2.24) is 9.47 Å². The molecule has 1 aliphatic heterocycles. The van der Waals surface area contributed by atoms with E-state index in [9.17, 15) is 0 Å². The molecule has 1 fully saturated rings. The van der Waals surface area contributed by atoms with Gasteiger partial charge < -0.3 is 4.57 Å². The number of likely N-dealkylation sites (tertiary alicyclic amines) is 1. The van der Waals surface area contributed by atoms with Crippen LogP contribution in [0, 0.1) is 0 Å². The predicted octanol–water partition coefficient (Wildman–Crippen LogP) is 4.17. The van der Waals surface area contributed by atoms with Crippen LogP contribution in [0.4, 0.5) is 0 Å². The summed E-state index contributed by atoms with van der Waals surface area (Å²) in [4.78, 5) is 2.60. The molecule has 0 saturated carbocycles. The molecule has 2 heteroatoms. The minimum Gasteiger partial charge on any atom is -0.350 e. The quantitative estimate of drug-likeness (QED) is 0.703. The summed E-state index contributed by atoms with van der Waals surface area (Å²) in [6.07, 6.45) is 3.56. The summed E-state index contributed by atoms with van der Waals surface area (Å²) in [5.74, 6) is 0.691. The van der Waals surface area contributed by atoms with Crippen molar-refractivity contribution in [2.45, 2.75) is 18.9 Å². The number of aryl methyl sites for hydroxylation is 1. The number of hydrogen-bond acceptors (Lipinski definition) is 1. The van der Waals surface area contributed by atoms with Crippen LogP contribution in [0.3, 0.4) is 0 Å². The van der Waals surface area contributed by atoms with Gasteiger partial charge in [0.15, 0.2) is 0 Å². The first-order chi connectivity index (χ1) is 10.8. The minimum absolute atomic E-state index is 0.691. The highest BCUT2D eigenvalue weighted by Gasteiger charge is 2.24. The SMILES string of the molecule is Cn1cc(CN2CC[C@H](c3ccccc3)C2)c2ccccc21. The van der Waals surface area contributed by atoms with Gasteiger partial charge in [-0.2, -0.15) is 0 Å². The van der Waals surface area contributed by atoms with Gasteiger partial charge in [0.1, 0.15) is 0 Å². The fourth-order valence-corrected chi connectivity index (χ4v) is 3.77. The summed E-state index contributed by atoms with van der Waals surface area (Å²) in [5, 5.41) is 1.40. The van der Waals surface area contributed by atoms with E-state index in [1.807, 2.05) is 0 Å². The van der Waals surface area contributed by atoms with Gasteiger partial charge >= 0.3 is 0 Å². The lowest BCUT2D eigenvalue weighted by molar-refractivity contribution is 0.328. The van der Waals surface area contributed by atoms with Crippen molar-refractivity contribution in [1.29, 1.82) is 0 Å².